The summed E-state index contributed by atoms with van der Waals surface area (Å²) in [5.41, 5.74) is 3.24. The number of benzene rings is 1. The lowest BCUT2D eigenvalue weighted by Crippen LogP contribution is -2.23. The van der Waals surface area contributed by atoms with Crippen LogP contribution in [0.4, 0.5) is 0 Å². The van der Waals surface area contributed by atoms with Gasteiger partial charge in [0.05, 0.1) is 46.4 Å². The molecule has 1 atom stereocenters. The molecular weight excluding hydrogens is 444 g/mol. The second kappa shape index (κ2) is 8.14. The van der Waals surface area contributed by atoms with E-state index in [0.717, 1.165) is 10.4 Å². The van der Waals surface area contributed by atoms with Gasteiger partial charge in [0.1, 0.15) is 0 Å². The molecule has 1 aliphatic rings. The predicted molar refractivity (Wildman–Crippen MR) is 125 cm³/mol. The van der Waals surface area contributed by atoms with Crippen LogP contribution < -0.4 is 5.32 Å². The number of hydrogen-bond donors (Lipinski definition) is 1. The third-order valence-electron chi connectivity index (χ3n) is 5.71. The summed E-state index contributed by atoms with van der Waals surface area (Å²) >= 11 is 1.59. The number of carbonyl (C=O) groups excluding carboxylic acids is 1. The molecule has 5 rings (SSSR count). The number of fused-ring (bicyclic) bond motifs is 1. The maximum absolute atomic E-state index is 13.3. The van der Waals surface area contributed by atoms with E-state index in [1.54, 1.807) is 22.1 Å². The minimum absolute atomic E-state index is 0.0420. The second-order valence-electron chi connectivity index (χ2n) is 7.97. The number of sulfone groups is 1. The molecule has 0 unspecified atom stereocenters. The number of amides is 1. The average Bonchev–Trinajstić information content (AvgIpc) is 3.51. The number of carbonyl (C=O) groups is 1. The van der Waals surface area contributed by atoms with Crippen LogP contribution in [0, 0.1) is 6.92 Å². The Morgan fingerprint density at radius 1 is 1.22 bits per heavy atom. The van der Waals surface area contributed by atoms with E-state index in [1.165, 1.54) is 0 Å². The van der Waals surface area contributed by atoms with E-state index >= 15 is 0 Å². The third kappa shape index (κ3) is 3.93. The lowest BCUT2D eigenvalue weighted by molar-refractivity contribution is 0.0953. The number of nitrogens with one attached hydrogen (secondary N) is 1. The van der Waals surface area contributed by atoms with Crippen molar-refractivity contribution in [1.82, 2.24) is 20.1 Å². The van der Waals surface area contributed by atoms with E-state index in [2.05, 4.69) is 10.4 Å². The zero-order valence-electron chi connectivity index (χ0n) is 17.5. The van der Waals surface area contributed by atoms with Gasteiger partial charge in [-0.1, -0.05) is 36.4 Å². The van der Waals surface area contributed by atoms with Gasteiger partial charge < -0.3 is 5.32 Å². The monoisotopic (exact) mass is 466 g/mol. The number of thiophene rings is 1. The van der Waals surface area contributed by atoms with Crippen LogP contribution in [-0.4, -0.2) is 40.6 Å². The molecule has 3 aromatic heterocycles. The summed E-state index contributed by atoms with van der Waals surface area (Å²) in [6.07, 6.45) is 0.496. The summed E-state index contributed by atoms with van der Waals surface area (Å²) in [5.74, 6) is -0.0185. The van der Waals surface area contributed by atoms with E-state index < -0.39 is 9.84 Å². The lowest BCUT2D eigenvalue weighted by Gasteiger charge is -2.12. The molecule has 1 fully saturated rings. The highest BCUT2D eigenvalue weighted by Gasteiger charge is 2.32. The summed E-state index contributed by atoms with van der Waals surface area (Å²) in [7, 11) is -3.09. The van der Waals surface area contributed by atoms with Crippen molar-refractivity contribution in [3.63, 3.8) is 0 Å². The Balaban J connectivity index is 1.63. The summed E-state index contributed by atoms with van der Waals surface area (Å²) in [6.45, 7) is 2.28. The maximum Gasteiger partial charge on any atom is 0.252 e. The van der Waals surface area contributed by atoms with Crippen LogP contribution in [0.3, 0.4) is 0 Å². The average molecular weight is 467 g/mol. The maximum atomic E-state index is 13.3. The fraction of sp³-hybridized carbons (Fsp3) is 0.261. The Bertz CT molecular complexity index is 1390. The molecule has 1 amide bonds. The Morgan fingerprint density at radius 3 is 2.72 bits per heavy atom. The van der Waals surface area contributed by atoms with Gasteiger partial charge >= 0.3 is 0 Å². The fourth-order valence-electron chi connectivity index (χ4n) is 4.15. The number of aryl methyl sites for hydroxylation is 1. The molecule has 1 N–H and O–H groups in total. The Kier molecular flexibility index (Phi) is 5.30. The van der Waals surface area contributed by atoms with Gasteiger partial charge in [0.15, 0.2) is 15.5 Å². The third-order valence-corrected chi connectivity index (χ3v) is 8.34. The van der Waals surface area contributed by atoms with Gasteiger partial charge in [-0.15, -0.1) is 11.3 Å². The smallest absolute Gasteiger partial charge is 0.252 e. The van der Waals surface area contributed by atoms with Crippen molar-refractivity contribution >= 4 is 38.1 Å². The van der Waals surface area contributed by atoms with Crippen molar-refractivity contribution in [2.45, 2.75) is 25.9 Å². The van der Waals surface area contributed by atoms with Gasteiger partial charge in [-0.3, -0.25) is 4.79 Å². The first-order valence-corrected chi connectivity index (χ1v) is 13.1. The molecule has 4 aromatic rings. The van der Waals surface area contributed by atoms with Crippen molar-refractivity contribution in [1.29, 1.82) is 0 Å². The molecule has 9 heteroatoms. The number of hydrogen-bond acceptors (Lipinski definition) is 6. The molecule has 0 saturated carbocycles. The minimum Gasteiger partial charge on any atom is -0.347 e. The number of aromatic nitrogens is 3. The van der Waals surface area contributed by atoms with Crippen LogP contribution in [0.25, 0.3) is 22.3 Å². The predicted octanol–water partition coefficient (Wildman–Crippen LogP) is 3.76. The van der Waals surface area contributed by atoms with Gasteiger partial charge in [0.25, 0.3) is 5.91 Å². The topological polar surface area (TPSA) is 93.9 Å². The Hall–Kier alpha value is -3.04. The summed E-state index contributed by atoms with van der Waals surface area (Å²) < 4.78 is 25.9. The molecule has 1 aromatic carbocycles. The van der Waals surface area contributed by atoms with E-state index in [9.17, 15) is 13.2 Å². The van der Waals surface area contributed by atoms with Gasteiger partial charge in [0, 0.05) is 10.4 Å². The number of rotatable bonds is 5. The van der Waals surface area contributed by atoms with Crippen LogP contribution in [-0.2, 0) is 16.4 Å². The van der Waals surface area contributed by atoms with Crippen LogP contribution in [0.5, 0.6) is 0 Å². The van der Waals surface area contributed by atoms with Crippen molar-refractivity contribution in [2.24, 2.45) is 0 Å². The van der Waals surface area contributed by atoms with Gasteiger partial charge in [0.2, 0.25) is 0 Å². The molecular formula is C23H22N4O3S2. The van der Waals surface area contributed by atoms with Crippen molar-refractivity contribution < 1.29 is 13.2 Å². The molecule has 7 nitrogen and oxygen atoms in total. The summed E-state index contributed by atoms with van der Waals surface area (Å²) in [6, 6.07) is 15.1. The first-order chi connectivity index (χ1) is 15.4. The zero-order valence-corrected chi connectivity index (χ0v) is 19.1. The Morgan fingerprint density at radius 2 is 2.03 bits per heavy atom. The number of nitrogens with zero attached hydrogens (tertiary/aromatic N) is 3. The first kappa shape index (κ1) is 20.8. The first-order valence-electron chi connectivity index (χ1n) is 10.4. The van der Waals surface area contributed by atoms with Gasteiger partial charge in [-0.05, 0) is 30.9 Å². The van der Waals surface area contributed by atoms with Crippen LogP contribution in [0.2, 0.25) is 0 Å². The lowest BCUT2D eigenvalue weighted by atomic mass is 10.0. The normalized spacial score (nSPS) is 17.6. The highest BCUT2D eigenvalue weighted by Crippen LogP contribution is 2.32. The van der Waals surface area contributed by atoms with Gasteiger partial charge in [-0.25, -0.2) is 18.1 Å². The Labute approximate surface area is 190 Å². The molecule has 1 saturated heterocycles. The minimum atomic E-state index is -3.09. The van der Waals surface area contributed by atoms with Crippen LogP contribution in [0.1, 0.15) is 33.4 Å². The zero-order chi connectivity index (χ0) is 22.3. The van der Waals surface area contributed by atoms with E-state index in [4.69, 9.17) is 4.98 Å². The van der Waals surface area contributed by atoms with Crippen molar-refractivity contribution in [2.75, 3.05) is 11.5 Å². The largest absolute Gasteiger partial charge is 0.347 e. The summed E-state index contributed by atoms with van der Waals surface area (Å²) in [5, 5.41) is 10.3. The van der Waals surface area contributed by atoms with Crippen LogP contribution in [0.15, 0.2) is 53.9 Å². The molecule has 0 spiro atoms. The van der Waals surface area contributed by atoms with Crippen molar-refractivity contribution in [3.8, 4) is 11.3 Å². The van der Waals surface area contributed by atoms with E-state index in [1.807, 2.05) is 54.8 Å². The van der Waals surface area contributed by atoms with Crippen molar-refractivity contribution in [3.05, 3.63) is 70.0 Å². The highest BCUT2D eigenvalue weighted by atomic mass is 32.2. The molecule has 0 radical (unpaired) electrons. The second-order valence-corrected chi connectivity index (χ2v) is 11.2. The highest BCUT2D eigenvalue weighted by molar-refractivity contribution is 7.91. The van der Waals surface area contributed by atoms with Gasteiger partial charge in [-0.2, -0.15) is 5.10 Å². The van der Waals surface area contributed by atoms with E-state index in [0.29, 0.717) is 41.0 Å². The molecule has 1 aliphatic heterocycles. The summed E-state index contributed by atoms with van der Waals surface area (Å²) in [4.78, 5) is 19.2. The fourth-order valence-corrected chi connectivity index (χ4v) is 6.48. The standard InChI is InChI=1S/C23H22N4O3S2/c1-15-21-19(23(28)24-13-18-8-5-10-31-18)12-20(16-6-3-2-4-7-16)25-22(21)27(26-15)17-9-11-32(29,30)14-17/h2-8,10,12,17H,9,11,13-14H2,1H3,(H,24,28)/t17-/m1/s1. The number of pyridine rings is 1. The molecule has 164 valence electrons. The molecule has 0 aliphatic carbocycles. The van der Waals surface area contributed by atoms with E-state index in [-0.39, 0.29) is 23.5 Å². The molecule has 32 heavy (non-hydrogen) atoms. The van der Waals surface area contributed by atoms with Crippen LogP contribution >= 0.6 is 11.3 Å². The SMILES string of the molecule is Cc1nn([C@@H]2CCS(=O)(=O)C2)c2nc(-c3ccccc3)cc(C(=O)NCc3cccs3)c12. The quantitative estimate of drug-likeness (QED) is 0.483. The molecule has 4 heterocycles. The molecule has 0 bridgehead atoms.